The summed E-state index contributed by atoms with van der Waals surface area (Å²) < 4.78 is 14.1. The second-order valence-electron chi connectivity index (χ2n) is 2.94. The van der Waals surface area contributed by atoms with Gasteiger partial charge in [0.1, 0.15) is 5.82 Å². The molecule has 0 fully saturated rings. The molecule has 13 heavy (non-hydrogen) atoms. The number of anilines is 1. The van der Waals surface area contributed by atoms with E-state index in [0.717, 1.165) is 35.1 Å². The van der Waals surface area contributed by atoms with Gasteiger partial charge in [-0.3, -0.25) is 0 Å². The molecule has 0 aliphatic carbocycles. The molecule has 1 aromatic carbocycles. The van der Waals surface area contributed by atoms with Gasteiger partial charge < -0.3 is 5.32 Å². The summed E-state index contributed by atoms with van der Waals surface area (Å²) in [5.41, 5.74) is 1.76. The Hall–Kier alpha value is -0.280. The first kappa shape index (κ1) is 10.8. The summed E-state index contributed by atoms with van der Waals surface area (Å²) in [4.78, 5) is 0. The molecular weight excluding hydrogens is 256 g/mol. The van der Waals surface area contributed by atoms with E-state index in [0.29, 0.717) is 0 Å². The van der Waals surface area contributed by atoms with E-state index in [1.165, 1.54) is 6.07 Å². The summed E-state index contributed by atoms with van der Waals surface area (Å²) in [6, 6.07) is 3.45. The van der Waals surface area contributed by atoms with Gasteiger partial charge in [-0.1, -0.05) is 15.9 Å². The van der Waals surface area contributed by atoms with E-state index in [4.69, 9.17) is 0 Å². The van der Waals surface area contributed by atoms with E-state index in [9.17, 15) is 4.39 Å². The van der Waals surface area contributed by atoms with Crippen LogP contribution in [0.4, 0.5) is 10.1 Å². The molecule has 1 aliphatic rings. The third-order valence-electron chi connectivity index (χ3n) is 2.08. The van der Waals surface area contributed by atoms with E-state index >= 15 is 0 Å². The van der Waals surface area contributed by atoms with Crippen molar-refractivity contribution >= 4 is 34.0 Å². The summed E-state index contributed by atoms with van der Waals surface area (Å²) in [7, 11) is 0. The fourth-order valence-corrected chi connectivity index (χ4v) is 1.93. The van der Waals surface area contributed by atoms with Gasteiger partial charge >= 0.3 is 0 Å². The molecule has 0 saturated carbocycles. The standard InChI is InChI=1S/C9H9BrFN.ClH/c10-6-4-8(11)7-2-1-3-12-9(7)5-6;/h4-5,12H,1-3H2;1H. The molecule has 1 N–H and O–H groups in total. The van der Waals surface area contributed by atoms with Crippen LogP contribution < -0.4 is 5.32 Å². The molecule has 1 aromatic rings. The van der Waals surface area contributed by atoms with Crippen molar-refractivity contribution in [3.63, 3.8) is 0 Å². The highest BCUT2D eigenvalue weighted by atomic mass is 79.9. The highest BCUT2D eigenvalue weighted by molar-refractivity contribution is 9.10. The SMILES string of the molecule is Cl.Fc1cc(Br)cc2c1CCCN2. The van der Waals surface area contributed by atoms with Crippen LogP contribution in [0.25, 0.3) is 0 Å². The minimum Gasteiger partial charge on any atom is -0.385 e. The van der Waals surface area contributed by atoms with E-state index in [-0.39, 0.29) is 18.2 Å². The minimum absolute atomic E-state index is 0. The number of nitrogens with one attached hydrogen (secondary N) is 1. The molecule has 0 saturated heterocycles. The predicted octanol–water partition coefficient (Wildman–Crippen LogP) is 3.37. The van der Waals surface area contributed by atoms with Crippen LogP contribution in [0, 0.1) is 5.82 Å². The molecule has 0 unspecified atom stereocenters. The Morgan fingerprint density at radius 3 is 2.92 bits per heavy atom. The van der Waals surface area contributed by atoms with Gasteiger partial charge in [-0.25, -0.2) is 4.39 Å². The first-order chi connectivity index (χ1) is 5.77. The lowest BCUT2D eigenvalue weighted by Crippen LogP contribution is -2.12. The zero-order valence-electron chi connectivity index (χ0n) is 6.94. The highest BCUT2D eigenvalue weighted by Gasteiger charge is 2.13. The van der Waals surface area contributed by atoms with Gasteiger partial charge in [0.2, 0.25) is 0 Å². The molecule has 0 amide bonds. The maximum Gasteiger partial charge on any atom is 0.129 e. The van der Waals surface area contributed by atoms with Gasteiger partial charge in [0.05, 0.1) is 0 Å². The van der Waals surface area contributed by atoms with Crippen molar-refractivity contribution in [2.24, 2.45) is 0 Å². The summed E-state index contributed by atoms with van der Waals surface area (Å²) in [5.74, 6) is -0.105. The van der Waals surface area contributed by atoms with Gasteiger partial charge in [-0.2, -0.15) is 0 Å². The molecule has 4 heteroatoms. The Morgan fingerprint density at radius 1 is 1.38 bits per heavy atom. The molecule has 0 bridgehead atoms. The smallest absolute Gasteiger partial charge is 0.129 e. The van der Waals surface area contributed by atoms with Crippen LogP contribution in [0.3, 0.4) is 0 Å². The number of hydrogen-bond acceptors (Lipinski definition) is 1. The number of halogens is 3. The van der Waals surface area contributed by atoms with Crippen LogP contribution in [0.2, 0.25) is 0 Å². The monoisotopic (exact) mass is 265 g/mol. The lowest BCUT2D eigenvalue weighted by molar-refractivity contribution is 0.601. The number of rotatable bonds is 0. The average Bonchev–Trinajstić information content (AvgIpc) is 2.04. The van der Waals surface area contributed by atoms with E-state index in [2.05, 4.69) is 21.2 Å². The minimum atomic E-state index is -0.105. The molecule has 0 spiro atoms. The number of hydrogen-bond donors (Lipinski definition) is 1. The van der Waals surface area contributed by atoms with Gasteiger partial charge in [0.25, 0.3) is 0 Å². The molecular formula is C9H10BrClFN. The maximum absolute atomic E-state index is 13.3. The molecule has 0 aromatic heterocycles. The van der Waals surface area contributed by atoms with E-state index in [1.54, 1.807) is 0 Å². The second kappa shape index (κ2) is 4.29. The van der Waals surface area contributed by atoms with Crippen molar-refractivity contribution in [2.75, 3.05) is 11.9 Å². The molecule has 72 valence electrons. The predicted molar refractivity (Wildman–Crippen MR) is 58.2 cm³/mol. The van der Waals surface area contributed by atoms with Gasteiger partial charge in [0.15, 0.2) is 0 Å². The van der Waals surface area contributed by atoms with Crippen molar-refractivity contribution in [3.8, 4) is 0 Å². The highest BCUT2D eigenvalue weighted by Crippen LogP contribution is 2.28. The maximum atomic E-state index is 13.3. The van der Waals surface area contributed by atoms with Crippen molar-refractivity contribution in [1.29, 1.82) is 0 Å². The van der Waals surface area contributed by atoms with Crippen LogP contribution in [0.5, 0.6) is 0 Å². The largest absolute Gasteiger partial charge is 0.385 e. The fourth-order valence-electron chi connectivity index (χ4n) is 1.50. The quantitative estimate of drug-likeness (QED) is 0.759. The Labute approximate surface area is 91.3 Å². The Bertz CT molecular complexity index is 317. The Balaban J connectivity index is 0.000000845. The van der Waals surface area contributed by atoms with Gasteiger partial charge in [-0.15, -0.1) is 12.4 Å². The van der Waals surface area contributed by atoms with Crippen molar-refractivity contribution in [3.05, 3.63) is 28.0 Å². The van der Waals surface area contributed by atoms with Crippen LogP contribution in [0.15, 0.2) is 16.6 Å². The first-order valence-corrected chi connectivity index (χ1v) is 4.78. The second-order valence-corrected chi connectivity index (χ2v) is 3.86. The molecule has 1 aliphatic heterocycles. The van der Waals surface area contributed by atoms with E-state index in [1.807, 2.05) is 6.07 Å². The first-order valence-electron chi connectivity index (χ1n) is 3.99. The zero-order valence-corrected chi connectivity index (χ0v) is 9.34. The van der Waals surface area contributed by atoms with Crippen LogP contribution in [-0.2, 0) is 6.42 Å². The molecule has 2 rings (SSSR count). The molecule has 1 nitrogen and oxygen atoms in total. The third kappa shape index (κ3) is 2.15. The summed E-state index contributed by atoms with van der Waals surface area (Å²) in [6.45, 7) is 0.947. The Kier molecular flexibility index (Phi) is 3.56. The molecule has 0 atom stereocenters. The lowest BCUT2D eigenvalue weighted by Gasteiger charge is -2.18. The van der Waals surface area contributed by atoms with Crippen molar-refractivity contribution < 1.29 is 4.39 Å². The van der Waals surface area contributed by atoms with Gasteiger partial charge in [-0.05, 0) is 25.0 Å². The fraction of sp³-hybridized carbons (Fsp3) is 0.333. The summed E-state index contributed by atoms with van der Waals surface area (Å²) >= 11 is 3.26. The van der Waals surface area contributed by atoms with Crippen LogP contribution in [0.1, 0.15) is 12.0 Å². The van der Waals surface area contributed by atoms with Crippen LogP contribution in [-0.4, -0.2) is 6.54 Å². The van der Waals surface area contributed by atoms with Gasteiger partial charge in [0, 0.05) is 22.3 Å². The van der Waals surface area contributed by atoms with Crippen molar-refractivity contribution in [1.82, 2.24) is 0 Å². The molecule has 1 heterocycles. The normalized spacial score (nSPS) is 14.0. The number of benzene rings is 1. The Morgan fingerprint density at radius 2 is 2.15 bits per heavy atom. The van der Waals surface area contributed by atoms with Crippen molar-refractivity contribution in [2.45, 2.75) is 12.8 Å². The molecule has 0 radical (unpaired) electrons. The van der Waals surface area contributed by atoms with E-state index < -0.39 is 0 Å². The van der Waals surface area contributed by atoms with Crippen LogP contribution >= 0.6 is 28.3 Å². The zero-order chi connectivity index (χ0) is 8.55. The average molecular weight is 267 g/mol. The summed E-state index contributed by atoms with van der Waals surface area (Å²) in [5, 5.41) is 3.17. The topological polar surface area (TPSA) is 12.0 Å². The summed E-state index contributed by atoms with van der Waals surface area (Å²) in [6.07, 6.45) is 1.87. The lowest BCUT2D eigenvalue weighted by atomic mass is 10.0. The number of fused-ring (bicyclic) bond motifs is 1. The third-order valence-corrected chi connectivity index (χ3v) is 2.54.